The molecule has 0 aromatic carbocycles. The Labute approximate surface area is 104 Å². The molecule has 3 heteroatoms. The first-order valence-corrected chi connectivity index (χ1v) is 5.81. The van der Waals surface area contributed by atoms with Crippen LogP contribution in [0.4, 0.5) is 0 Å². The van der Waals surface area contributed by atoms with Gasteiger partial charge >= 0.3 is 5.97 Å². The minimum atomic E-state index is -0.352. The van der Waals surface area contributed by atoms with E-state index < -0.39 is 0 Å². The number of rotatable bonds is 7. The van der Waals surface area contributed by atoms with Crippen molar-refractivity contribution in [2.75, 3.05) is 6.61 Å². The van der Waals surface area contributed by atoms with Gasteiger partial charge in [0.05, 0.1) is 12.9 Å². The number of carbonyl (C=O) groups excluding carboxylic acids is 1. The van der Waals surface area contributed by atoms with Gasteiger partial charge in [-0.15, -0.1) is 0 Å². The minimum absolute atomic E-state index is 0.210. The number of hydrogen-bond acceptors (Lipinski definition) is 3. The van der Waals surface area contributed by atoms with E-state index in [0.29, 0.717) is 12.2 Å². The normalized spacial score (nSPS) is 13.1. The summed E-state index contributed by atoms with van der Waals surface area (Å²) in [6, 6.07) is 0. The third-order valence-corrected chi connectivity index (χ3v) is 2.53. The molecule has 98 valence electrons. The smallest absolute Gasteiger partial charge is 0.333 e. The Morgan fingerprint density at radius 3 is 2.29 bits per heavy atom. The minimum Gasteiger partial charge on any atom is -0.501 e. The highest BCUT2D eigenvalue weighted by atomic mass is 16.5. The van der Waals surface area contributed by atoms with Gasteiger partial charge in [0, 0.05) is 11.0 Å². The van der Waals surface area contributed by atoms with Crippen molar-refractivity contribution in [2.24, 2.45) is 11.3 Å². The van der Waals surface area contributed by atoms with Gasteiger partial charge in [0.15, 0.2) is 0 Å². The summed E-state index contributed by atoms with van der Waals surface area (Å²) < 4.78 is 10.7. The molecule has 0 aromatic rings. The zero-order chi connectivity index (χ0) is 13.6. The predicted molar refractivity (Wildman–Crippen MR) is 69.5 cm³/mol. The zero-order valence-electron chi connectivity index (χ0n) is 11.6. The van der Waals surface area contributed by atoms with Gasteiger partial charge in [0.1, 0.15) is 6.10 Å². The van der Waals surface area contributed by atoms with Crippen molar-refractivity contribution in [2.45, 2.75) is 40.7 Å². The Kier molecular flexibility index (Phi) is 6.00. The van der Waals surface area contributed by atoms with Gasteiger partial charge in [0.25, 0.3) is 0 Å². The molecule has 0 radical (unpaired) electrons. The van der Waals surface area contributed by atoms with Crippen molar-refractivity contribution in [1.82, 2.24) is 0 Å². The van der Waals surface area contributed by atoms with E-state index in [2.05, 4.69) is 13.2 Å². The Bertz CT molecular complexity index is 290. The first-order chi connectivity index (χ1) is 7.72. The summed E-state index contributed by atoms with van der Waals surface area (Å²) >= 11 is 0. The van der Waals surface area contributed by atoms with E-state index in [4.69, 9.17) is 9.47 Å². The highest BCUT2D eigenvalue weighted by Crippen LogP contribution is 2.30. The summed E-state index contributed by atoms with van der Waals surface area (Å²) in [6.45, 7) is 17.3. The lowest BCUT2D eigenvalue weighted by molar-refractivity contribution is -0.156. The molecular formula is C14H24O3. The van der Waals surface area contributed by atoms with Gasteiger partial charge < -0.3 is 9.47 Å². The van der Waals surface area contributed by atoms with Crippen LogP contribution in [0.3, 0.4) is 0 Å². The second kappa shape index (κ2) is 6.48. The fraction of sp³-hybridized carbons (Fsp3) is 0.643. The summed E-state index contributed by atoms with van der Waals surface area (Å²) in [4.78, 5) is 11.6. The van der Waals surface area contributed by atoms with Gasteiger partial charge in [-0.05, 0) is 12.8 Å². The topological polar surface area (TPSA) is 35.5 Å². The van der Waals surface area contributed by atoms with Gasteiger partial charge in [-0.3, -0.25) is 0 Å². The molecular weight excluding hydrogens is 216 g/mol. The fourth-order valence-corrected chi connectivity index (χ4v) is 1.77. The Hall–Kier alpha value is -1.25. The molecule has 17 heavy (non-hydrogen) atoms. The van der Waals surface area contributed by atoms with Crippen molar-refractivity contribution < 1.29 is 14.3 Å². The van der Waals surface area contributed by atoms with Crippen LogP contribution in [0.2, 0.25) is 0 Å². The molecule has 0 amide bonds. The molecule has 0 aliphatic rings. The molecule has 0 rings (SSSR count). The molecule has 1 atom stereocenters. The second-order valence-electron chi connectivity index (χ2n) is 5.32. The average Bonchev–Trinajstić information content (AvgIpc) is 2.21. The highest BCUT2D eigenvalue weighted by Gasteiger charge is 2.35. The van der Waals surface area contributed by atoms with Gasteiger partial charge in [0.2, 0.25) is 0 Å². The van der Waals surface area contributed by atoms with Gasteiger partial charge in [-0.25, -0.2) is 4.79 Å². The molecule has 1 unspecified atom stereocenters. The number of hydrogen-bond donors (Lipinski definition) is 0. The van der Waals surface area contributed by atoms with Crippen LogP contribution in [-0.4, -0.2) is 18.7 Å². The maximum absolute atomic E-state index is 11.6. The number of esters is 1. The van der Waals surface area contributed by atoms with Gasteiger partial charge in [-0.1, -0.05) is 40.9 Å². The van der Waals surface area contributed by atoms with E-state index in [1.807, 2.05) is 27.7 Å². The molecule has 3 nitrogen and oxygen atoms in total. The molecule has 0 spiro atoms. The van der Waals surface area contributed by atoms with Gasteiger partial charge in [-0.2, -0.15) is 0 Å². The third kappa shape index (κ3) is 5.07. The summed E-state index contributed by atoms with van der Waals surface area (Å²) in [5.41, 5.74) is 0.143. The van der Waals surface area contributed by atoms with E-state index in [9.17, 15) is 4.79 Å². The molecule has 0 heterocycles. The summed E-state index contributed by atoms with van der Waals surface area (Å²) in [6.07, 6.45) is 1.19. The summed E-state index contributed by atoms with van der Waals surface area (Å²) in [5.74, 6) is -0.142. The van der Waals surface area contributed by atoms with Crippen LogP contribution in [0.1, 0.15) is 34.6 Å². The molecule has 0 saturated heterocycles. The van der Waals surface area contributed by atoms with Crippen LogP contribution in [0.25, 0.3) is 0 Å². The third-order valence-electron chi connectivity index (χ3n) is 2.53. The van der Waals surface area contributed by atoms with Crippen molar-refractivity contribution >= 4 is 5.97 Å². The van der Waals surface area contributed by atoms with E-state index in [1.165, 1.54) is 6.26 Å². The number of ether oxygens (including phenoxy) is 2. The summed E-state index contributed by atoms with van der Waals surface area (Å²) in [7, 11) is 0. The Morgan fingerprint density at radius 2 is 1.94 bits per heavy atom. The average molecular weight is 240 g/mol. The van der Waals surface area contributed by atoms with Crippen LogP contribution in [-0.2, 0) is 14.3 Å². The van der Waals surface area contributed by atoms with Crippen molar-refractivity contribution in [3.05, 3.63) is 25.0 Å². The molecule has 0 aromatic heterocycles. The zero-order valence-corrected chi connectivity index (χ0v) is 11.6. The lowest BCUT2D eigenvalue weighted by Gasteiger charge is -2.35. The first-order valence-electron chi connectivity index (χ1n) is 5.81. The quantitative estimate of drug-likeness (QED) is 0.389. The predicted octanol–water partition coefficient (Wildman–Crippen LogP) is 3.32. The maximum atomic E-state index is 11.6. The molecule has 0 aliphatic heterocycles. The van der Waals surface area contributed by atoms with Crippen molar-refractivity contribution in [3.63, 3.8) is 0 Å². The Balaban J connectivity index is 4.77. The fourth-order valence-electron chi connectivity index (χ4n) is 1.77. The summed E-state index contributed by atoms with van der Waals surface area (Å²) in [5, 5.41) is 0. The van der Waals surface area contributed by atoms with E-state index in [-0.39, 0.29) is 23.4 Å². The molecule has 0 fully saturated rings. The van der Waals surface area contributed by atoms with Crippen LogP contribution in [0.5, 0.6) is 0 Å². The molecule has 0 saturated carbocycles. The van der Waals surface area contributed by atoms with Crippen LogP contribution in [0.15, 0.2) is 25.0 Å². The standard InChI is InChI=1S/C14H24O3/c1-8-16-9-14(6,7)12(10(2)3)17-13(15)11(4)5/h8,10,12H,1,4,9H2,2-3,5-7H3. The molecule has 0 aliphatic carbocycles. The largest absolute Gasteiger partial charge is 0.501 e. The number of carbonyl (C=O) groups is 1. The second-order valence-corrected chi connectivity index (χ2v) is 5.32. The SMILES string of the molecule is C=COCC(C)(C)C(OC(=O)C(=C)C)C(C)C. The Morgan fingerprint density at radius 1 is 1.41 bits per heavy atom. The van der Waals surface area contributed by atoms with Crippen LogP contribution >= 0.6 is 0 Å². The highest BCUT2D eigenvalue weighted by molar-refractivity contribution is 5.87. The van der Waals surface area contributed by atoms with Crippen molar-refractivity contribution in [3.8, 4) is 0 Å². The lowest BCUT2D eigenvalue weighted by atomic mass is 9.81. The van der Waals surface area contributed by atoms with E-state index in [0.717, 1.165) is 0 Å². The van der Waals surface area contributed by atoms with Crippen LogP contribution < -0.4 is 0 Å². The van der Waals surface area contributed by atoms with Crippen molar-refractivity contribution in [1.29, 1.82) is 0 Å². The van der Waals surface area contributed by atoms with E-state index in [1.54, 1.807) is 6.92 Å². The maximum Gasteiger partial charge on any atom is 0.333 e. The lowest BCUT2D eigenvalue weighted by Crippen LogP contribution is -2.41. The first kappa shape index (κ1) is 15.8. The molecule has 0 bridgehead atoms. The van der Waals surface area contributed by atoms with Crippen LogP contribution in [0, 0.1) is 11.3 Å². The molecule has 0 N–H and O–H groups in total. The monoisotopic (exact) mass is 240 g/mol. The van der Waals surface area contributed by atoms with E-state index >= 15 is 0 Å².